The Labute approximate surface area is 123 Å². The highest BCUT2D eigenvalue weighted by Crippen LogP contribution is 2.30. The summed E-state index contributed by atoms with van der Waals surface area (Å²) >= 11 is 1.86. The van der Waals surface area contributed by atoms with Crippen LogP contribution in [0.2, 0.25) is 0 Å². The molecule has 2 aromatic rings. The SMILES string of the molecule is COc1ccc(Cc2nc3c(s2)CC(CN)CC3)cc1. The molecule has 0 saturated carbocycles. The average Bonchev–Trinajstić information content (AvgIpc) is 2.89. The molecule has 4 heteroatoms. The van der Waals surface area contributed by atoms with E-state index in [2.05, 4.69) is 12.1 Å². The van der Waals surface area contributed by atoms with Gasteiger partial charge in [-0.2, -0.15) is 0 Å². The molecular formula is C16H20N2OS. The van der Waals surface area contributed by atoms with Crippen molar-refractivity contribution < 1.29 is 4.74 Å². The molecule has 3 nitrogen and oxygen atoms in total. The van der Waals surface area contributed by atoms with Gasteiger partial charge in [-0.15, -0.1) is 11.3 Å². The molecule has 0 saturated heterocycles. The van der Waals surface area contributed by atoms with Crippen molar-refractivity contribution in [3.63, 3.8) is 0 Å². The third-order valence-corrected chi connectivity index (χ3v) is 5.05. The van der Waals surface area contributed by atoms with Crippen LogP contribution in [0, 0.1) is 5.92 Å². The second kappa shape index (κ2) is 5.94. The molecule has 1 unspecified atom stereocenters. The van der Waals surface area contributed by atoms with E-state index in [9.17, 15) is 0 Å². The first-order chi connectivity index (χ1) is 9.78. The van der Waals surface area contributed by atoms with Gasteiger partial charge in [0.25, 0.3) is 0 Å². The van der Waals surface area contributed by atoms with Crippen LogP contribution >= 0.6 is 11.3 Å². The fourth-order valence-electron chi connectivity index (χ4n) is 2.69. The molecule has 1 heterocycles. The lowest BCUT2D eigenvalue weighted by Gasteiger charge is -2.18. The van der Waals surface area contributed by atoms with Crippen molar-refractivity contribution in [3.8, 4) is 5.75 Å². The molecule has 1 aromatic heterocycles. The van der Waals surface area contributed by atoms with Crippen LogP contribution in [0.4, 0.5) is 0 Å². The Kier molecular flexibility index (Phi) is 4.03. The second-order valence-corrected chi connectivity index (χ2v) is 6.52. The fraction of sp³-hybridized carbons (Fsp3) is 0.438. The normalized spacial score (nSPS) is 17.8. The van der Waals surface area contributed by atoms with Crippen molar-refractivity contribution in [1.29, 1.82) is 0 Å². The van der Waals surface area contributed by atoms with Crippen LogP contribution in [0.5, 0.6) is 5.75 Å². The molecule has 0 spiro atoms. The van der Waals surface area contributed by atoms with Crippen molar-refractivity contribution in [1.82, 2.24) is 4.98 Å². The quantitative estimate of drug-likeness (QED) is 0.941. The van der Waals surface area contributed by atoms with Crippen molar-refractivity contribution in [2.45, 2.75) is 25.7 Å². The summed E-state index contributed by atoms with van der Waals surface area (Å²) in [4.78, 5) is 6.26. The number of hydrogen-bond donors (Lipinski definition) is 1. The molecule has 1 aliphatic carbocycles. The number of thiazole rings is 1. The Bertz CT molecular complexity index is 577. The second-order valence-electron chi connectivity index (χ2n) is 5.35. The number of hydrogen-bond acceptors (Lipinski definition) is 4. The predicted octanol–water partition coefficient (Wildman–Crippen LogP) is 2.81. The minimum absolute atomic E-state index is 0.650. The molecule has 3 rings (SSSR count). The summed E-state index contributed by atoms with van der Waals surface area (Å²) in [6.45, 7) is 0.797. The first-order valence-corrected chi connectivity index (χ1v) is 7.90. The first-order valence-electron chi connectivity index (χ1n) is 7.09. The lowest BCUT2D eigenvalue weighted by Crippen LogP contribution is -2.21. The summed E-state index contributed by atoms with van der Waals surface area (Å²) in [5.41, 5.74) is 8.38. The van der Waals surface area contributed by atoms with E-state index in [-0.39, 0.29) is 0 Å². The van der Waals surface area contributed by atoms with E-state index in [0.29, 0.717) is 5.92 Å². The molecule has 1 atom stereocenters. The lowest BCUT2D eigenvalue weighted by molar-refractivity contribution is 0.414. The number of benzene rings is 1. The third-order valence-electron chi connectivity index (χ3n) is 3.93. The van der Waals surface area contributed by atoms with Gasteiger partial charge in [-0.25, -0.2) is 4.98 Å². The number of nitrogens with zero attached hydrogens (tertiary/aromatic N) is 1. The van der Waals surface area contributed by atoms with Crippen molar-refractivity contribution in [2.75, 3.05) is 13.7 Å². The summed E-state index contributed by atoms with van der Waals surface area (Å²) < 4.78 is 5.18. The molecule has 2 N–H and O–H groups in total. The number of aryl methyl sites for hydroxylation is 1. The maximum atomic E-state index is 5.79. The van der Waals surface area contributed by atoms with Gasteiger partial charge in [-0.05, 0) is 49.4 Å². The first kappa shape index (κ1) is 13.6. The van der Waals surface area contributed by atoms with E-state index in [4.69, 9.17) is 15.5 Å². The zero-order valence-electron chi connectivity index (χ0n) is 11.8. The van der Waals surface area contributed by atoms with Gasteiger partial charge in [0, 0.05) is 11.3 Å². The summed E-state index contributed by atoms with van der Waals surface area (Å²) in [6, 6.07) is 8.24. The van der Waals surface area contributed by atoms with Gasteiger partial charge in [-0.1, -0.05) is 12.1 Å². The smallest absolute Gasteiger partial charge is 0.118 e. The number of ether oxygens (including phenoxy) is 1. The van der Waals surface area contributed by atoms with Crippen LogP contribution in [-0.2, 0) is 19.3 Å². The molecule has 20 heavy (non-hydrogen) atoms. The van der Waals surface area contributed by atoms with E-state index in [1.165, 1.54) is 27.6 Å². The molecule has 1 aromatic carbocycles. The molecular weight excluding hydrogens is 268 g/mol. The lowest BCUT2D eigenvalue weighted by atomic mass is 9.91. The summed E-state index contributed by atoms with van der Waals surface area (Å²) in [6.07, 6.45) is 4.31. The zero-order chi connectivity index (χ0) is 13.9. The molecule has 106 valence electrons. The number of methoxy groups -OCH3 is 1. The summed E-state index contributed by atoms with van der Waals surface area (Å²) in [5, 5.41) is 1.22. The Morgan fingerprint density at radius 1 is 1.35 bits per heavy atom. The molecule has 1 aliphatic rings. The molecule has 0 amide bonds. The zero-order valence-corrected chi connectivity index (χ0v) is 12.6. The standard InChI is InChI=1S/C16H20N2OS/c1-19-13-5-2-11(3-6-13)9-16-18-14-7-4-12(10-17)8-15(14)20-16/h2-3,5-6,12H,4,7-10,17H2,1H3. The van der Waals surface area contributed by atoms with Gasteiger partial charge < -0.3 is 10.5 Å². The highest BCUT2D eigenvalue weighted by molar-refractivity contribution is 7.11. The van der Waals surface area contributed by atoms with Gasteiger partial charge in [0.2, 0.25) is 0 Å². The summed E-state index contributed by atoms with van der Waals surface area (Å²) in [7, 11) is 1.69. The van der Waals surface area contributed by atoms with Gasteiger partial charge in [-0.3, -0.25) is 0 Å². The van der Waals surface area contributed by atoms with E-state index in [1.807, 2.05) is 23.5 Å². The maximum Gasteiger partial charge on any atom is 0.118 e. The number of fused-ring (bicyclic) bond motifs is 1. The Balaban J connectivity index is 1.73. The highest BCUT2D eigenvalue weighted by Gasteiger charge is 2.21. The van der Waals surface area contributed by atoms with E-state index in [0.717, 1.165) is 31.6 Å². The molecule has 0 aliphatic heterocycles. The van der Waals surface area contributed by atoms with Gasteiger partial charge in [0.05, 0.1) is 17.8 Å². The van der Waals surface area contributed by atoms with E-state index >= 15 is 0 Å². The Morgan fingerprint density at radius 2 is 2.15 bits per heavy atom. The van der Waals surface area contributed by atoms with Gasteiger partial charge in [0.15, 0.2) is 0 Å². The van der Waals surface area contributed by atoms with E-state index < -0.39 is 0 Å². The van der Waals surface area contributed by atoms with Crippen molar-refractivity contribution in [2.24, 2.45) is 11.7 Å². The van der Waals surface area contributed by atoms with E-state index in [1.54, 1.807) is 7.11 Å². The summed E-state index contributed by atoms with van der Waals surface area (Å²) in [5.74, 6) is 1.55. The van der Waals surface area contributed by atoms with Crippen LogP contribution in [0.15, 0.2) is 24.3 Å². The van der Waals surface area contributed by atoms with Gasteiger partial charge in [0.1, 0.15) is 5.75 Å². The third kappa shape index (κ3) is 2.86. The number of nitrogens with two attached hydrogens (primary N) is 1. The van der Waals surface area contributed by atoms with Crippen LogP contribution in [0.3, 0.4) is 0 Å². The largest absolute Gasteiger partial charge is 0.497 e. The molecule has 0 bridgehead atoms. The molecule has 0 fully saturated rings. The Morgan fingerprint density at radius 3 is 2.85 bits per heavy atom. The number of rotatable bonds is 4. The number of aromatic nitrogens is 1. The fourth-order valence-corrected chi connectivity index (χ4v) is 3.96. The Hall–Kier alpha value is -1.39. The van der Waals surface area contributed by atoms with Crippen LogP contribution in [0.25, 0.3) is 0 Å². The maximum absolute atomic E-state index is 5.79. The minimum atomic E-state index is 0.650. The predicted molar refractivity (Wildman–Crippen MR) is 82.5 cm³/mol. The highest BCUT2D eigenvalue weighted by atomic mass is 32.1. The average molecular weight is 288 g/mol. The molecule has 0 radical (unpaired) electrons. The monoisotopic (exact) mass is 288 g/mol. The van der Waals surface area contributed by atoms with Gasteiger partial charge >= 0.3 is 0 Å². The topological polar surface area (TPSA) is 48.1 Å². The van der Waals surface area contributed by atoms with Crippen LogP contribution in [0.1, 0.15) is 27.6 Å². The minimum Gasteiger partial charge on any atom is -0.497 e. The van der Waals surface area contributed by atoms with Crippen molar-refractivity contribution >= 4 is 11.3 Å². The van der Waals surface area contributed by atoms with Crippen LogP contribution < -0.4 is 10.5 Å². The van der Waals surface area contributed by atoms with Crippen LogP contribution in [-0.4, -0.2) is 18.6 Å². The van der Waals surface area contributed by atoms with Crippen molar-refractivity contribution in [3.05, 3.63) is 45.4 Å².